The zero-order valence-corrected chi connectivity index (χ0v) is 16.9. The van der Waals surface area contributed by atoms with Crippen molar-refractivity contribution in [1.29, 1.82) is 0 Å². The third kappa shape index (κ3) is 4.07. The highest BCUT2D eigenvalue weighted by Gasteiger charge is 2.16. The zero-order valence-electron chi connectivity index (χ0n) is 16.1. The van der Waals surface area contributed by atoms with Gasteiger partial charge >= 0.3 is 5.63 Å². The van der Waals surface area contributed by atoms with E-state index in [-0.39, 0.29) is 5.56 Å². The summed E-state index contributed by atoms with van der Waals surface area (Å²) >= 11 is 6.26. The normalized spacial score (nSPS) is 10.7. The van der Waals surface area contributed by atoms with Gasteiger partial charge in [0.25, 0.3) is 5.91 Å². The molecule has 1 aromatic heterocycles. The van der Waals surface area contributed by atoms with Crippen molar-refractivity contribution in [2.24, 2.45) is 0 Å². The minimum atomic E-state index is -0.700. The third-order valence-corrected chi connectivity index (χ3v) is 5.12. The first-order valence-electron chi connectivity index (χ1n) is 9.30. The highest BCUT2D eigenvalue weighted by molar-refractivity contribution is 6.31. The molecule has 150 valence electrons. The van der Waals surface area contributed by atoms with Crippen LogP contribution in [0.3, 0.4) is 0 Å². The Kier molecular flexibility index (Phi) is 5.55. The summed E-state index contributed by atoms with van der Waals surface area (Å²) in [5.74, 6) is -0.0651. The summed E-state index contributed by atoms with van der Waals surface area (Å²) in [4.78, 5) is 25.1. The summed E-state index contributed by atoms with van der Waals surface area (Å²) in [6.45, 7) is 0. The lowest BCUT2D eigenvalue weighted by molar-refractivity contribution is 0.102. The van der Waals surface area contributed by atoms with Gasteiger partial charge in [0.05, 0.1) is 12.8 Å². The van der Waals surface area contributed by atoms with Gasteiger partial charge < -0.3 is 14.5 Å². The Balaban J connectivity index is 1.67. The lowest BCUT2D eigenvalue weighted by atomic mass is 10.0. The predicted molar refractivity (Wildman–Crippen MR) is 118 cm³/mol. The predicted octanol–water partition coefficient (Wildman–Crippen LogP) is 5.30. The molecule has 0 saturated heterocycles. The smallest absolute Gasteiger partial charge is 0.349 e. The van der Waals surface area contributed by atoms with Crippen molar-refractivity contribution in [3.05, 3.63) is 105 Å². The second-order valence-corrected chi connectivity index (χ2v) is 7.15. The van der Waals surface area contributed by atoms with Crippen molar-refractivity contribution in [1.82, 2.24) is 0 Å². The molecule has 0 spiro atoms. The van der Waals surface area contributed by atoms with Gasteiger partial charge in [0, 0.05) is 10.4 Å². The van der Waals surface area contributed by atoms with E-state index < -0.39 is 11.5 Å². The van der Waals surface area contributed by atoms with Crippen LogP contribution in [-0.2, 0) is 6.42 Å². The van der Waals surface area contributed by atoms with Crippen molar-refractivity contribution in [2.45, 2.75) is 6.42 Å². The maximum absolute atomic E-state index is 12.7. The van der Waals surface area contributed by atoms with Gasteiger partial charge in [-0.3, -0.25) is 4.79 Å². The van der Waals surface area contributed by atoms with Crippen LogP contribution in [0.25, 0.3) is 11.0 Å². The fourth-order valence-corrected chi connectivity index (χ4v) is 3.44. The topological polar surface area (TPSA) is 68.5 Å². The third-order valence-electron chi connectivity index (χ3n) is 4.75. The first kappa shape index (κ1) is 19.7. The molecule has 0 unspecified atom stereocenters. The van der Waals surface area contributed by atoms with Crippen LogP contribution in [0.1, 0.15) is 21.5 Å². The van der Waals surface area contributed by atoms with Crippen LogP contribution < -0.4 is 15.7 Å². The number of ether oxygens (including phenoxy) is 1. The van der Waals surface area contributed by atoms with E-state index >= 15 is 0 Å². The maximum Gasteiger partial charge on any atom is 0.349 e. The summed E-state index contributed by atoms with van der Waals surface area (Å²) in [5, 5.41) is 4.05. The van der Waals surface area contributed by atoms with E-state index in [0.29, 0.717) is 33.8 Å². The van der Waals surface area contributed by atoms with E-state index in [0.717, 1.165) is 11.1 Å². The average molecular weight is 420 g/mol. The van der Waals surface area contributed by atoms with E-state index in [4.69, 9.17) is 20.8 Å². The van der Waals surface area contributed by atoms with Crippen LogP contribution in [-0.4, -0.2) is 13.0 Å². The number of para-hydroxylation sites is 2. The summed E-state index contributed by atoms with van der Waals surface area (Å²) in [6.07, 6.45) is 0.623. The second-order valence-electron chi connectivity index (χ2n) is 6.74. The number of hydrogen-bond acceptors (Lipinski definition) is 4. The Hall–Kier alpha value is -3.57. The molecule has 4 aromatic rings. The number of carbonyl (C=O) groups is 1. The molecule has 0 fully saturated rings. The molecule has 5 nitrogen and oxygen atoms in total. The van der Waals surface area contributed by atoms with Gasteiger partial charge in [0.2, 0.25) is 0 Å². The lowest BCUT2D eigenvalue weighted by Gasteiger charge is -2.10. The Morgan fingerprint density at radius 3 is 2.60 bits per heavy atom. The molecule has 0 saturated carbocycles. The van der Waals surface area contributed by atoms with Crippen molar-refractivity contribution in [3.63, 3.8) is 0 Å². The van der Waals surface area contributed by atoms with Crippen LogP contribution in [0.15, 0.2) is 82.0 Å². The van der Waals surface area contributed by atoms with Gasteiger partial charge in [-0.05, 0) is 53.9 Å². The Bertz CT molecular complexity index is 1300. The molecule has 0 radical (unpaired) electrons. The van der Waals surface area contributed by atoms with E-state index in [1.807, 2.05) is 36.4 Å². The first-order chi connectivity index (χ1) is 14.5. The molecule has 0 aliphatic heterocycles. The molecule has 0 aliphatic carbocycles. The van der Waals surface area contributed by atoms with Crippen LogP contribution in [0.4, 0.5) is 5.69 Å². The molecule has 1 amide bonds. The molecular weight excluding hydrogens is 402 g/mol. The van der Waals surface area contributed by atoms with Crippen LogP contribution in [0, 0.1) is 0 Å². The minimum Gasteiger partial charge on any atom is -0.495 e. The molecule has 6 heteroatoms. The van der Waals surface area contributed by atoms with E-state index in [1.54, 1.807) is 36.4 Å². The Morgan fingerprint density at radius 2 is 1.80 bits per heavy atom. The Morgan fingerprint density at radius 1 is 1.03 bits per heavy atom. The van der Waals surface area contributed by atoms with Gasteiger partial charge in [-0.2, -0.15) is 0 Å². The monoisotopic (exact) mass is 419 g/mol. The number of rotatable bonds is 5. The van der Waals surface area contributed by atoms with Gasteiger partial charge in [-0.25, -0.2) is 4.79 Å². The number of nitrogens with one attached hydrogen (secondary N) is 1. The summed E-state index contributed by atoms with van der Waals surface area (Å²) < 4.78 is 10.6. The van der Waals surface area contributed by atoms with Crippen LogP contribution in [0.2, 0.25) is 5.02 Å². The summed E-state index contributed by atoms with van der Waals surface area (Å²) in [5.41, 5.74) is 2.08. The van der Waals surface area contributed by atoms with Gasteiger partial charge in [0.1, 0.15) is 16.9 Å². The highest BCUT2D eigenvalue weighted by atomic mass is 35.5. The van der Waals surface area contributed by atoms with E-state index in [1.165, 1.54) is 7.11 Å². The summed E-state index contributed by atoms with van der Waals surface area (Å²) in [6, 6.07) is 21.6. The SMILES string of the molecule is COc1ccccc1NC(=O)c1cc2cc(Cc3ccccc3Cl)ccc2oc1=O. The quantitative estimate of drug-likeness (QED) is 0.446. The van der Waals surface area contributed by atoms with Crippen LogP contribution >= 0.6 is 11.6 Å². The fourth-order valence-electron chi connectivity index (χ4n) is 3.24. The number of benzene rings is 3. The van der Waals surface area contributed by atoms with Gasteiger partial charge in [0.15, 0.2) is 0 Å². The number of methoxy groups -OCH3 is 1. The molecule has 0 atom stereocenters. The average Bonchev–Trinajstić information content (AvgIpc) is 2.75. The van der Waals surface area contributed by atoms with Crippen molar-refractivity contribution >= 4 is 34.2 Å². The maximum atomic E-state index is 12.7. The fraction of sp³-hybridized carbons (Fsp3) is 0.0833. The van der Waals surface area contributed by atoms with E-state index in [9.17, 15) is 9.59 Å². The van der Waals surface area contributed by atoms with Crippen molar-refractivity contribution < 1.29 is 13.9 Å². The summed E-state index contributed by atoms with van der Waals surface area (Å²) in [7, 11) is 1.51. The largest absolute Gasteiger partial charge is 0.495 e. The molecule has 1 N–H and O–H groups in total. The number of hydrogen-bond donors (Lipinski definition) is 1. The second kappa shape index (κ2) is 8.43. The number of anilines is 1. The number of amides is 1. The Labute approximate surface area is 177 Å². The molecule has 4 rings (SSSR count). The van der Waals surface area contributed by atoms with Gasteiger partial charge in [-0.15, -0.1) is 0 Å². The number of halogens is 1. The number of fused-ring (bicyclic) bond motifs is 1. The molecule has 1 heterocycles. The zero-order chi connectivity index (χ0) is 21.1. The molecule has 0 bridgehead atoms. The first-order valence-corrected chi connectivity index (χ1v) is 9.67. The molecule has 3 aromatic carbocycles. The standard InChI is InChI=1S/C24H18ClNO4/c1-29-22-9-5-4-8-20(22)26-23(27)18-14-17-13-15(10-11-21(17)30-24(18)28)12-16-6-2-3-7-19(16)25/h2-11,13-14H,12H2,1H3,(H,26,27). The molecular formula is C24H18ClNO4. The van der Waals surface area contributed by atoms with E-state index in [2.05, 4.69) is 5.32 Å². The van der Waals surface area contributed by atoms with Crippen molar-refractivity contribution in [2.75, 3.05) is 12.4 Å². The van der Waals surface area contributed by atoms with Crippen LogP contribution in [0.5, 0.6) is 5.75 Å². The highest BCUT2D eigenvalue weighted by Crippen LogP contribution is 2.25. The molecule has 30 heavy (non-hydrogen) atoms. The van der Waals surface area contributed by atoms with Gasteiger partial charge in [-0.1, -0.05) is 48.0 Å². The van der Waals surface area contributed by atoms with Crippen molar-refractivity contribution in [3.8, 4) is 5.75 Å². The number of carbonyl (C=O) groups excluding carboxylic acids is 1. The minimum absolute atomic E-state index is 0.0803. The molecule has 0 aliphatic rings. The lowest BCUT2D eigenvalue weighted by Crippen LogP contribution is -2.21.